The maximum absolute atomic E-state index is 13.0. The van der Waals surface area contributed by atoms with Crippen LogP contribution in [-0.4, -0.2) is 80.4 Å². The smallest absolute Gasteiger partial charge is 0.251 e. The molecule has 0 aliphatic carbocycles. The maximum atomic E-state index is 13.0. The minimum absolute atomic E-state index is 0.127. The van der Waals surface area contributed by atoms with Crippen molar-refractivity contribution in [2.45, 2.75) is 38.5 Å². The molecule has 1 amide bonds. The Morgan fingerprint density at radius 2 is 1.90 bits per heavy atom. The molecular weight excluding hydrogens is 536 g/mol. The zero-order chi connectivity index (χ0) is 29.5. The van der Waals surface area contributed by atoms with E-state index in [9.17, 15) is 10.1 Å². The van der Waals surface area contributed by atoms with E-state index >= 15 is 0 Å². The fourth-order valence-corrected chi connectivity index (χ4v) is 4.70. The summed E-state index contributed by atoms with van der Waals surface area (Å²) in [6, 6.07) is 12.9. The van der Waals surface area contributed by atoms with Crippen molar-refractivity contribution in [2.75, 3.05) is 32.6 Å². The standard InChI is InChI=1S/C29H32N10O3/c1-19(17-39-18-33-36-37-39)42-27-13-20(4-5-22(27)14-30)23-15-31-29(32-16-23)35-25-12-21(6-7-26(25)41-3)28(40)34-24-8-10-38(2)11-9-24/h4-7,12-13,15-16,18-19,24H,8-11,17H2,1-3H3,(H,34,40)(H,31,32,35). The number of amides is 1. The molecule has 5 rings (SSSR count). The van der Waals surface area contributed by atoms with Crippen LogP contribution in [0, 0.1) is 11.3 Å². The fourth-order valence-electron chi connectivity index (χ4n) is 4.70. The topological polar surface area (TPSA) is 156 Å². The van der Waals surface area contributed by atoms with Gasteiger partial charge in [-0.15, -0.1) is 5.10 Å². The van der Waals surface area contributed by atoms with E-state index in [4.69, 9.17) is 9.47 Å². The average molecular weight is 569 g/mol. The number of hydrogen-bond donors (Lipinski definition) is 2. The van der Waals surface area contributed by atoms with Crippen molar-refractivity contribution in [2.24, 2.45) is 0 Å². The zero-order valence-corrected chi connectivity index (χ0v) is 23.7. The number of ether oxygens (including phenoxy) is 2. The number of nitriles is 1. The van der Waals surface area contributed by atoms with Gasteiger partial charge in [0.15, 0.2) is 0 Å². The maximum Gasteiger partial charge on any atom is 0.251 e. The van der Waals surface area contributed by atoms with Crippen molar-refractivity contribution >= 4 is 17.5 Å². The number of piperidine rings is 1. The van der Waals surface area contributed by atoms with Gasteiger partial charge in [-0.2, -0.15) is 5.26 Å². The Kier molecular flexibility index (Phi) is 8.84. The number of methoxy groups -OCH3 is 1. The first-order valence-electron chi connectivity index (χ1n) is 13.6. The number of rotatable bonds is 10. The van der Waals surface area contributed by atoms with E-state index in [1.54, 1.807) is 54.5 Å². The first-order chi connectivity index (χ1) is 20.4. The summed E-state index contributed by atoms with van der Waals surface area (Å²) in [4.78, 5) is 24.2. The van der Waals surface area contributed by atoms with Gasteiger partial charge < -0.3 is 25.0 Å². The highest BCUT2D eigenvalue weighted by Crippen LogP contribution is 2.30. The van der Waals surface area contributed by atoms with Crippen LogP contribution in [0.1, 0.15) is 35.7 Å². The Bertz CT molecular complexity index is 1550. The number of nitrogens with zero attached hydrogens (tertiary/aromatic N) is 8. The largest absolute Gasteiger partial charge is 0.495 e. The van der Waals surface area contributed by atoms with Crippen molar-refractivity contribution in [1.29, 1.82) is 5.26 Å². The van der Waals surface area contributed by atoms with Gasteiger partial charge in [-0.1, -0.05) is 6.07 Å². The van der Waals surface area contributed by atoms with E-state index in [0.29, 0.717) is 40.8 Å². The van der Waals surface area contributed by atoms with E-state index in [0.717, 1.165) is 37.1 Å². The van der Waals surface area contributed by atoms with Crippen LogP contribution in [0.4, 0.5) is 11.6 Å². The van der Waals surface area contributed by atoms with Crippen molar-refractivity contribution < 1.29 is 14.3 Å². The first-order valence-corrected chi connectivity index (χ1v) is 13.6. The molecule has 1 aliphatic heterocycles. The van der Waals surface area contributed by atoms with Gasteiger partial charge >= 0.3 is 0 Å². The summed E-state index contributed by atoms with van der Waals surface area (Å²) >= 11 is 0. The highest BCUT2D eigenvalue weighted by atomic mass is 16.5. The normalized spacial score (nSPS) is 14.5. The monoisotopic (exact) mass is 568 g/mol. The van der Waals surface area contributed by atoms with Crippen LogP contribution in [-0.2, 0) is 6.54 Å². The first kappa shape index (κ1) is 28.4. The molecule has 42 heavy (non-hydrogen) atoms. The quantitative estimate of drug-likeness (QED) is 0.290. The number of nitrogens with one attached hydrogen (secondary N) is 2. The molecular formula is C29H32N10O3. The summed E-state index contributed by atoms with van der Waals surface area (Å²) in [6.45, 7) is 4.23. The van der Waals surface area contributed by atoms with E-state index in [1.807, 2.05) is 13.0 Å². The van der Waals surface area contributed by atoms with Crippen molar-refractivity contribution in [3.05, 3.63) is 66.2 Å². The molecule has 1 fully saturated rings. The fraction of sp³-hybridized carbons (Fsp3) is 0.345. The highest BCUT2D eigenvalue weighted by Gasteiger charge is 2.20. The number of benzene rings is 2. The molecule has 0 saturated carbocycles. The van der Waals surface area contributed by atoms with Gasteiger partial charge in [-0.25, -0.2) is 14.6 Å². The van der Waals surface area contributed by atoms with Crippen molar-refractivity contribution in [3.63, 3.8) is 0 Å². The Labute approximate surface area is 243 Å². The van der Waals surface area contributed by atoms with E-state index in [2.05, 4.69) is 54.1 Å². The number of carbonyl (C=O) groups excluding carboxylic acids is 1. The minimum atomic E-state index is -0.282. The lowest BCUT2D eigenvalue weighted by Gasteiger charge is -2.29. The van der Waals surface area contributed by atoms with E-state index in [1.165, 1.54) is 6.33 Å². The third-order valence-electron chi connectivity index (χ3n) is 7.01. The molecule has 1 unspecified atom stereocenters. The highest BCUT2D eigenvalue weighted by molar-refractivity contribution is 5.96. The van der Waals surface area contributed by atoms with Gasteiger partial charge in [0, 0.05) is 29.6 Å². The predicted molar refractivity (Wildman–Crippen MR) is 154 cm³/mol. The molecule has 3 heterocycles. The third-order valence-corrected chi connectivity index (χ3v) is 7.01. The molecule has 2 N–H and O–H groups in total. The number of hydrogen-bond acceptors (Lipinski definition) is 11. The van der Waals surface area contributed by atoms with Crippen LogP contribution in [0.2, 0.25) is 0 Å². The summed E-state index contributed by atoms with van der Waals surface area (Å²) in [5.41, 5.74) is 3.03. The number of anilines is 2. The second kappa shape index (κ2) is 13.0. The summed E-state index contributed by atoms with van der Waals surface area (Å²) in [5.74, 6) is 1.21. The van der Waals surface area contributed by atoms with Crippen LogP contribution in [0.3, 0.4) is 0 Å². The van der Waals surface area contributed by atoms with Gasteiger partial charge in [0.25, 0.3) is 5.91 Å². The number of carbonyl (C=O) groups is 1. The minimum Gasteiger partial charge on any atom is -0.495 e. The molecule has 2 aromatic heterocycles. The number of aromatic nitrogens is 6. The van der Waals surface area contributed by atoms with Gasteiger partial charge in [0.05, 0.1) is 24.9 Å². The average Bonchev–Trinajstić information content (AvgIpc) is 3.51. The van der Waals surface area contributed by atoms with Crippen molar-refractivity contribution in [1.82, 2.24) is 40.4 Å². The molecule has 0 spiro atoms. The van der Waals surface area contributed by atoms with Crippen LogP contribution in [0.15, 0.2) is 55.1 Å². The van der Waals surface area contributed by atoms with Crippen LogP contribution < -0.4 is 20.1 Å². The number of likely N-dealkylation sites (tertiary alicyclic amines) is 1. The molecule has 1 aliphatic rings. The van der Waals surface area contributed by atoms with E-state index < -0.39 is 0 Å². The lowest BCUT2D eigenvalue weighted by atomic mass is 10.0. The van der Waals surface area contributed by atoms with Gasteiger partial charge in [0.2, 0.25) is 5.95 Å². The summed E-state index contributed by atoms with van der Waals surface area (Å²) in [6.07, 6.45) is 6.43. The predicted octanol–water partition coefficient (Wildman–Crippen LogP) is 3.05. The summed E-state index contributed by atoms with van der Waals surface area (Å²) in [5, 5.41) is 27.0. The Hall–Kier alpha value is -5.09. The lowest BCUT2D eigenvalue weighted by molar-refractivity contribution is 0.0917. The van der Waals surface area contributed by atoms with Gasteiger partial charge in [-0.05, 0) is 86.2 Å². The molecule has 1 saturated heterocycles. The van der Waals surface area contributed by atoms with E-state index in [-0.39, 0.29) is 18.1 Å². The molecule has 0 bridgehead atoms. The van der Waals surface area contributed by atoms with Gasteiger partial charge in [0.1, 0.15) is 30.0 Å². The Morgan fingerprint density at radius 1 is 1.12 bits per heavy atom. The lowest BCUT2D eigenvalue weighted by Crippen LogP contribution is -2.43. The molecule has 216 valence electrons. The second-order valence-electron chi connectivity index (χ2n) is 10.2. The van der Waals surface area contributed by atoms with Crippen molar-refractivity contribution in [3.8, 4) is 28.7 Å². The molecule has 4 aromatic rings. The molecule has 1 atom stereocenters. The Morgan fingerprint density at radius 3 is 2.60 bits per heavy atom. The van der Waals surface area contributed by atoms with Gasteiger partial charge in [-0.3, -0.25) is 4.79 Å². The third kappa shape index (κ3) is 6.97. The zero-order valence-electron chi connectivity index (χ0n) is 23.7. The van der Waals surface area contributed by atoms with Crippen LogP contribution >= 0.6 is 0 Å². The second-order valence-corrected chi connectivity index (χ2v) is 10.2. The summed E-state index contributed by atoms with van der Waals surface area (Å²) in [7, 11) is 3.66. The SMILES string of the molecule is COc1ccc(C(=O)NC2CCN(C)CC2)cc1Nc1ncc(-c2ccc(C#N)c(OC(C)Cn3cnnn3)c2)cn1. The van der Waals surface area contributed by atoms with Crippen LogP contribution in [0.5, 0.6) is 11.5 Å². The molecule has 0 radical (unpaired) electrons. The summed E-state index contributed by atoms with van der Waals surface area (Å²) < 4.78 is 13.1. The van der Waals surface area contributed by atoms with Crippen LogP contribution in [0.25, 0.3) is 11.1 Å². The molecule has 13 heteroatoms. The Balaban J connectivity index is 1.28. The molecule has 2 aromatic carbocycles. The number of tetrazole rings is 1. The molecule has 13 nitrogen and oxygen atoms in total.